The van der Waals surface area contributed by atoms with Gasteiger partial charge in [0.15, 0.2) is 4.34 Å². The van der Waals surface area contributed by atoms with Crippen molar-refractivity contribution in [3.05, 3.63) is 29.3 Å². The Morgan fingerprint density at radius 1 is 1.35 bits per heavy atom. The molecule has 20 heavy (non-hydrogen) atoms. The molecule has 0 radical (unpaired) electrons. The number of carbonyl (C=O) groups is 1. The highest BCUT2D eigenvalue weighted by molar-refractivity contribution is 8.01. The molecule has 1 aromatic carbocycles. The van der Waals surface area contributed by atoms with E-state index < -0.39 is 6.03 Å². The van der Waals surface area contributed by atoms with E-state index in [0.29, 0.717) is 25.9 Å². The quantitative estimate of drug-likeness (QED) is 0.512. The molecular formula is C12H9ClN4OS2. The molecule has 2 amide bonds. The SMILES string of the molecule is C#CCSc1nnc(NC(=O)Nc2ccc(Cl)cc2)s1. The summed E-state index contributed by atoms with van der Waals surface area (Å²) in [6.07, 6.45) is 5.16. The third-order valence-electron chi connectivity index (χ3n) is 2.01. The van der Waals surface area contributed by atoms with Crippen molar-refractivity contribution >= 4 is 51.5 Å². The molecule has 2 N–H and O–H groups in total. The van der Waals surface area contributed by atoms with Crippen LogP contribution in [-0.4, -0.2) is 22.0 Å². The van der Waals surface area contributed by atoms with Gasteiger partial charge < -0.3 is 5.32 Å². The molecule has 0 saturated heterocycles. The van der Waals surface area contributed by atoms with Crippen molar-refractivity contribution < 1.29 is 4.79 Å². The first-order valence-electron chi connectivity index (χ1n) is 5.40. The van der Waals surface area contributed by atoms with E-state index in [1.807, 2.05) is 0 Å². The van der Waals surface area contributed by atoms with E-state index in [1.165, 1.54) is 23.1 Å². The minimum Gasteiger partial charge on any atom is -0.308 e. The summed E-state index contributed by atoms with van der Waals surface area (Å²) in [7, 11) is 0. The molecule has 1 aromatic heterocycles. The van der Waals surface area contributed by atoms with Crippen LogP contribution in [0.5, 0.6) is 0 Å². The van der Waals surface area contributed by atoms with E-state index in [2.05, 4.69) is 26.8 Å². The van der Waals surface area contributed by atoms with Gasteiger partial charge in [0.1, 0.15) is 0 Å². The van der Waals surface area contributed by atoms with Crippen LogP contribution in [-0.2, 0) is 0 Å². The lowest BCUT2D eigenvalue weighted by Gasteiger charge is -2.04. The first kappa shape index (κ1) is 14.7. The van der Waals surface area contributed by atoms with Crippen LogP contribution in [0.15, 0.2) is 28.6 Å². The van der Waals surface area contributed by atoms with Gasteiger partial charge in [0, 0.05) is 10.7 Å². The molecule has 0 aliphatic carbocycles. The summed E-state index contributed by atoms with van der Waals surface area (Å²) >= 11 is 8.42. The molecule has 2 aromatic rings. The van der Waals surface area contributed by atoms with Crippen molar-refractivity contribution in [1.82, 2.24) is 10.2 Å². The number of thioether (sulfide) groups is 1. The highest BCUT2D eigenvalue weighted by Crippen LogP contribution is 2.25. The molecule has 0 unspecified atom stereocenters. The Labute approximate surface area is 129 Å². The second kappa shape index (κ2) is 7.14. The Bertz CT molecular complexity index is 636. The maximum atomic E-state index is 11.7. The number of anilines is 2. The number of urea groups is 1. The van der Waals surface area contributed by atoms with E-state index >= 15 is 0 Å². The zero-order valence-electron chi connectivity index (χ0n) is 10.1. The fourth-order valence-corrected chi connectivity index (χ4v) is 2.77. The standard InChI is InChI=1S/C12H9ClN4OS2/c1-2-7-19-12-17-16-11(20-12)15-10(18)14-9-5-3-8(13)4-6-9/h1,3-6H,7H2,(H2,14,15,16,18). The molecule has 0 saturated carbocycles. The Hall–Kier alpha value is -1.75. The topological polar surface area (TPSA) is 66.9 Å². The third kappa shape index (κ3) is 4.42. The van der Waals surface area contributed by atoms with Crippen molar-refractivity contribution in [2.75, 3.05) is 16.4 Å². The predicted molar refractivity (Wildman–Crippen MR) is 83.6 cm³/mol. The van der Waals surface area contributed by atoms with Gasteiger partial charge in [-0.15, -0.1) is 16.6 Å². The third-order valence-corrected chi connectivity index (χ3v) is 4.14. The number of terminal acetylenes is 1. The lowest BCUT2D eigenvalue weighted by atomic mass is 10.3. The van der Waals surface area contributed by atoms with E-state index in [9.17, 15) is 4.79 Å². The number of aromatic nitrogens is 2. The lowest BCUT2D eigenvalue weighted by Crippen LogP contribution is -2.19. The van der Waals surface area contributed by atoms with Gasteiger partial charge in [-0.1, -0.05) is 40.6 Å². The van der Waals surface area contributed by atoms with Crippen molar-refractivity contribution in [2.45, 2.75) is 4.34 Å². The molecular weight excluding hydrogens is 316 g/mol. The molecule has 1 heterocycles. The van der Waals surface area contributed by atoms with Crippen molar-refractivity contribution in [3.63, 3.8) is 0 Å². The Balaban J connectivity index is 1.89. The minimum atomic E-state index is -0.392. The van der Waals surface area contributed by atoms with Crippen LogP contribution < -0.4 is 10.6 Å². The summed E-state index contributed by atoms with van der Waals surface area (Å²) in [6, 6.07) is 6.40. The van der Waals surface area contributed by atoms with E-state index in [1.54, 1.807) is 24.3 Å². The fourth-order valence-electron chi connectivity index (χ4n) is 1.21. The van der Waals surface area contributed by atoms with E-state index in [0.717, 1.165) is 0 Å². The van der Waals surface area contributed by atoms with Gasteiger partial charge in [-0.3, -0.25) is 5.32 Å². The Morgan fingerprint density at radius 2 is 2.10 bits per heavy atom. The minimum absolute atomic E-state index is 0.392. The zero-order valence-corrected chi connectivity index (χ0v) is 12.5. The highest BCUT2D eigenvalue weighted by atomic mass is 35.5. The number of carbonyl (C=O) groups excluding carboxylic acids is 1. The summed E-state index contributed by atoms with van der Waals surface area (Å²) in [5.41, 5.74) is 0.637. The molecule has 0 spiro atoms. The number of halogens is 1. The zero-order chi connectivity index (χ0) is 14.4. The number of hydrogen-bond acceptors (Lipinski definition) is 5. The molecule has 0 fully saturated rings. The van der Waals surface area contributed by atoms with Crippen LogP contribution in [0, 0.1) is 12.3 Å². The number of hydrogen-bond donors (Lipinski definition) is 2. The summed E-state index contributed by atoms with van der Waals surface area (Å²) < 4.78 is 0.713. The lowest BCUT2D eigenvalue weighted by molar-refractivity contribution is 0.262. The summed E-state index contributed by atoms with van der Waals surface area (Å²) in [4.78, 5) is 11.7. The van der Waals surface area contributed by atoms with Crippen LogP contribution in [0.3, 0.4) is 0 Å². The molecule has 0 aliphatic rings. The van der Waals surface area contributed by atoms with Gasteiger partial charge in [0.2, 0.25) is 5.13 Å². The van der Waals surface area contributed by atoms with Crippen molar-refractivity contribution in [2.24, 2.45) is 0 Å². The summed E-state index contributed by atoms with van der Waals surface area (Å²) in [5.74, 6) is 3.01. The summed E-state index contributed by atoms with van der Waals surface area (Å²) in [6.45, 7) is 0. The van der Waals surface area contributed by atoms with Gasteiger partial charge in [-0.05, 0) is 24.3 Å². The Morgan fingerprint density at radius 3 is 2.80 bits per heavy atom. The maximum Gasteiger partial charge on any atom is 0.325 e. The average Bonchev–Trinajstić information content (AvgIpc) is 2.86. The fraction of sp³-hybridized carbons (Fsp3) is 0.0833. The maximum absolute atomic E-state index is 11.7. The van der Waals surface area contributed by atoms with Gasteiger partial charge in [0.05, 0.1) is 5.75 Å². The molecule has 5 nitrogen and oxygen atoms in total. The van der Waals surface area contributed by atoms with Gasteiger partial charge >= 0.3 is 6.03 Å². The number of amides is 2. The molecule has 0 aliphatic heterocycles. The number of benzene rings is 1. The first-order chi connectivity index (χ1) is 9.67. The van der Waals surface area contributed by atoms with Gasteiger partial charge in [0.25, 0.3) is 0 Å². The van der Waals surface area contributed by atoms with Crippen LogP contribution in [0.25, 0.3) is 0 Å². The molecule has 2 rings (SSSR count). The van der Waals surface area contributed by atoms with Gasteiger partial charge in [-0.25, -0.2) is 4.79 Å². The van der Waals surface area contributed by atoms with Crippen molar-refractivity contribution in [3.8, 4) is 12.3 Å². The normalized spacial score (nSPS) is 9.80. The van der Waals surface area contributed by atoms with Crippen LogP contribution in [0.1, 0.15) is 0 Å². The van der Waals surface area contributed by atoms with E-state index in [-0.39, 0.29) is 0 Å². The molecule has 0 bridgehead atoms. The van der Waals surface area contributed by atoms with Crippen molar-refractivity contribution in [1.29, 1.82) is 0 Å². The van der Waals surface area contributed by atoms with Crippen LogP contribution >= 0.6 is 34.7 Å². The number of nitrogens with one attached hydrogen (secondary N) is 2. The predicted octanol–water partition coefficient (Wildman–Crippen LogP) is 3.56. The molecule has 8 heteroatoms. The van der Waals surface area contributed by atoms with Crippen LogP contribution in [0.2, 0.25) is 5.02 Å². The first-order valence-corrected chi connectivity index (χ1v) is 7.59. The largest absolute Gasteiger partial charge is 0.325 e. The monoisotopic (exact) mass is 324 g/mol. The van der Waals surface area contributed by atoms with Crippen LogP contribution in [0.4, 0.5) is 15.6 Å². The number of rotatable bonds is 4. The second-order valence-corrected chi connectivity index (χ2v) is 6.09. The van der Waals surface area contributed by atoms with E-state index in [4.69, 9.17) is 18.0 Å². The smallest absolute Gasteiger partial charge is 0.308 e. The highest BCUT2D eigenvalue weighted by Gasteiger charge is 2.08. The molecule has 102 valence electrons. The average molecular weight is 325 g/mol. The number of nitrogens with zero attached hydrogens (tertiary/aromatic N) is 2. The molecule has 0 atom stereocenters. The van der Waals surface area contributed by atoms with Gasteiger partial charge in [-0.2, -0.15) is 0 Å². The summed E-state index contributed by atoms with van der Waals surface area (Å²) in [5, 5.41) is 14.0. The Kier molecular flexibility index (Phi) is 5.24. The second-order valence-electron chi connectivity index (χ2n) is 3.45.